The number of amides is 1. The SMILES string of the molecule is CC(C)c1cnn2c(NCc3ccccc3-c3nccc4cc(NC(=O)/C=C/CN(C)C)ccc34)nc(N=CC3CC[C@H](C)NC3)nc12. The molecule has 1 aliphatic heterocycles. The first-order valence-electron chi connectivity index (χ1n) is 16.6. The molecule has 11 nitrogen and oxygen atoms in total. The third-order valence-electron chi connectivity index (χ3n) is 8.59. The number of nitrogens with zero attached hydrogens (tertiary/aromatic N) is 7. The molecule has 0 bridgehead atoms. The molecular weight excluding hydrogens is 600 g/mol. The van der Waals surface area contributed by atoms with Crippen molar-refractivity contribution in [3.63, 3.8) is 0 Å². The van der Waals surface area contributed by atoms with Crippen LogP contribution >= 0.6 is 0 Å². The smallest absolute Gasteiger partial charge is 0.254 e. The average Bonchev–Trinajstić information content (AvgIpc) is 3.51. The third-order valence-corrected chi connectivity index (χ3v) is 8.59. The van der Waals surface area contributed by atoms with Crippen LogP contribution in [0.1, 0.15) is 50.7 Å². The molecule has 0 spiro atoms. The van der Waals surface area contributed by atoms with Gasteiger partial charge in [0.2, 0.25) is 11.9 Å². The minimum atomic E-state index is -0.159. The number of likely N-dealkylation sites (N-methyl/N-ethyl adjacent to an activating group) is 1. The molecule has 6 rings (SSSR count). The van der Waals surface area contributed by atoms with Gasteiger partial charge in [-0.1, -0.05) is 50.3 Å². The number of fused-ring (bicyclic) bond motifs is 2. The van der Waals surface area contributed by atoms with E-state index in [-0.39, 0.29) is 11.8 Å². The molecule has 3 aromatic heterocycles. The summed E-state index contributed by atoms with van der Waals surface area (Å²) in [5.41, 5.74) is 5.45. The first-order valence-corrected chi connectivity index (χ1v) is 16.6. The van der Waals surface area contributed by atoms with Gasteiger partial charge in [-0.15, -0.1) is 0 Å². The molecule has 0 saturated carbocycles. The van der Waals surface area contributed by atoms with Gasteiger partial charge >= 0.3 is 0 Å². The lowest BCUT2D eigenvalue weighted by atomic mass is 9.97. The van der Waals surface area contributed by atoms with Crippen molar-refractivity contribution >= 4 is 46.1 Å². The largest absolute Gasteiger partial charge is 0.350 e. The summed E-state index contributed by atoms with van der Waals surface area (Å²) in [5.74, 6) is 1.44. The van der Waals surface area contributed by atoms with Crippen molar-refractivity contribution in [1.82, 2.24) is 34.8 Å². The standard InChI is InChI=1S/C37H44N10O/c1-24(2)32-23-42-47-35(32)44-36(40-21-26-13-12-25(3)39-20-26)45-37(47)41-22-28-9-6-7-10-30(28)34-31-15-14-29(19-27(31)16-17-38-34)43-33(48)11-8-18-46(4)5/h6-11,14-17,19,21,23-26,39H,12-13,18,20,22H2,1-5H3,(H,43,48)(H,41,44,45)/b11-8+,40-21?/t25-,26?/m0/s1. The number of aromatic nitrogens is 5. The van der Waals surface area contributed by atoms with Gasteiger partial charge in [0.25, 0.3) is 5.95 Å². The number of aliphatic imine (C=N–C) groups is 1. The molecule has 3 N–H and O–H groups in total. The predicted octanol–water partition coefficient (Wildman–Crippen LogP) is 6.22. The Morgan fingerprint density at radius 1 is 1.15 bits per heavy atom. The van der Waals surface area contributed by atoms with E-state index in [1.165, 1.54) is 0 Å². The third kappa shape index (κ3) is 7.75. The number of anilines is 2. The Balaban J connectivity index is 1.26. The molecule has 1 unspecified atom stereocenters. The maximum atomic E-state index is 12.4. The first-order chi connectivity index (χ1) is 23.2. The lowest BCUT2D eigenvalue weighted by molar-refractivity contribution is -0.111. The highest BCUT2D eigenvalue weighted by molar-refractivity contribution is 6.02. The monoisotopic (exact) mass is 644 g/mol. The number of pyridine rings is 1. The van der Waals surface area contributed by atoms with E-state index in [1.54, 1.807) is 10.6 Å². The van der Waals surface area contributed by atoms with Gasteiger partial charge < -0.3 is 20.9 Å². The van der Waals surface area contributed by atoms with Crippen LogP contribution in [0.2, 0.25) is 0 Å². The van der Waals surface area contributed by atoms with Crippen LogP contribution in [0.25, 0.3) is 27.7 Å². The Labute approximate surface area is 281 Å². The zero-order chi connectivity index (χ0) is 33.6. The van der Waals surface area contributed by atoms with Crippen LogP contribution in [-0.4, -0.2) is 74.8 Å². The van der Waals surface area contributed by atoms with Gasteiger partial charge in [-0.05, 0) is 68.9 Å². The molecule has 1 amide bonds. The fourth-order valence-electron chi connectivity index (χ4n) is 5.89. The number of carbonyl (C=O) groups is 1. The van der Waals surface area contributed by atoms with Crippen molar-refractivity contribution in [3.8, 4) is 11.3 Å². The summed E-state index contributed by atoms with van der Waals surface area (Å²) in [6.07, 6.45) is 11.3. The Morgan fingerprint density at radius 2 is 2.00 bits per heavy atom. The Hall–Kier alpha value is -5.00. The number of piperidine rings is 1. The van der Waals surface area contributed by atoms with Crippen LogP contribution in [0, 0.1) is 5.92 Å². The van der Waals surface area contributed by atoms with E-state index in [4.69, 9.17) is 19.9 Å². The van der Waals surface area contributed by atoms with Crippen LogP contribution < -0.4 is 16.0 Å². The molecule has 11 heteroatoms. The fourth-order valence-corrected chi connectivity index (χ4v) is 5.89. The lowest BCUT2D eigenvalue weighted by Crippen LogP contribution is -2.37. The van der Waals surface area contributed by atoms with Crippen molar-refractivity contribution in [2.75, 3.05) is 37.8 Å². The van der Waals surface area contributed by atoms with Crippen LogP contribution in [0.4, 0.5) is 17.6 Å². The number of hydrogen-bond donors (Lipinski definition) is 3. The Bertz CT molecular complexity index is 1950. The van der Waals surface area contributed by atoms with Gasteiger partial charge in [-0.2, -0.15) is 19.6 Å². The summed E-state index contributed by atoms with van der Waals surface area (Å²) in [5, 5.41) is 16.7. The minimum absolute atomic E-state index is 0.159. The molecule has 0 radical (unpaired) electrons. The summed E-state index contributed by atoms with van der Waals surface area (Å²) in [6, 6.07) is 16.6. The van der Waals surface area contributed by atoms with Crippen LogP contribution in [-0.2, 0) is 11.3 Å². The van der Waals surface area contributed by atoms with Crippen LogP contribution in [0.15, 0.2) is 78.1 Å². The predicted molar refractivity (Wildman–Crippen MR) is 194 cm³/mol. The summed E-state index contributed by atoms with van der Waals surface area (Å²) in [6.45, 7) is 8.58. The zero-order valence-electron chi connectivity index (χ0n) is 28.3. The van der Waals surface area contributed by atoms with E-state index < -0.39 is 0 Å². The highest BCUT2D eigenvalue weighted by Gasteiger charge is 2.18. The van der Waals surface area contributed by atoms with Crippen LogP contribution in [0.5, 0.6) is 0 Å². The van der Waals surface area contributed by atoms with Gasteiger partial charge in [0, 0.05) is 72.3 Å². The molecule has 5 aromatic rings. The van der Waals surface area contributed by atoms with Gasteiger partial charge in [0.15, 0.2) is 5.65 Å². The maximum absolute atomic E-state index is 12.4. The molecule has 48 heavy (non-hydrogen) atoms. The molecular formula is C37H44N10O. The molecule has 1 aliphatic rings. The summed E-state index contributed by atoms with van der Waals surface area (Å²) in [4.78, 5) is 33.6. The van der Waals surface area contributed by atoms with Crippen LogP contribution in [0.3, 0.4) is 0 Å². The highest BCUT2D eigenvalue weighted by Crippen LogP contribution is 2.31. The second kappa shape index (κ2) is 14.8. The number of nitrogens with one attached hydrogen (secondary N) is 3. The number of carbonyl (C=O) groups excluding carboxylic acids is 1. The number of hydrogen-bond acceptors (Lipinski definition) is 9. The normalized spacial score (nSPS) is 17.0. The highest BCUT2D eigenvalue weighted by atomic mass is 16.1. The van der Waals surface area contributed by atoms with E-state index in [0.717, 1.165) is 63.9 Å². The van der Waals surface area contributed by atoms with E-state index in [0.29, 0.717) is 36.9 Å². The Morgan fingerprint density at radius 3 is 2.79 bits per heavy atom. The van der Waals surface area contributed by atoms with E-state index in [1.807, 2.05) is 80.1 Å². The molecule has 2 atom stereocenters. The average molecular weight is 645 g/mol. The van der Waals surface area contributed by atoms with Gasteiger partial charge in [0.1, 0.15) is 0 Å². The summed E-state index contributed by atoms with van der Waals surface area (Å²) in [7, 11) is 3.93. The first kappa shape index (κ1) is 32.9. The topological polar surface area (TPSA) is 125 Å². The fraction of sp³-hybridized carbons (Fsp3) is 0.351. The van der Waals surface area contributed by atoms with E-state index in [9.17, 15) is 4.79 Å². The zero-order valence-corrected chi connectivity index (χ0v) is 28.3. The van der Waals surface area contributed by atoms with Crippen molar-refractivity contribution in [2.45, 2.75) is 52.1 Å². The van der Waals surface area contributed by atoms with E-state index in [2.05, 4.69) is 54.0 Å². The van der Waals surface area contributed by atoms with Crippen molar-refractivity contribution in [3.05, 3.63) is 84.2 Å². The summed E-state index contributed by atoms with van der Waals surface area (Å²) >= 11 is 0. The van der Waals surface area contributed by atoms with Gasteiger partial charge in [-0.3, -0.25) is 9.78 Å². The molecule has 0 aliphatic carbocycles. The minimum Gasteiger partial charge on any atom is -0.350 e. The number of rotatable bonds is 11. The molecule has 248 valence electrons. The van der Waals surface area contributed by atoms with E-state index >= 15 is 0 Å². The van der Waals surface area contributed by atoms with Crippen molar-refractivity contribution in [1.29, 1.82) is 0 Å². The number of benzene rings is 2. The molecule has 2 aromatic carbocycles. The molecule has 4 heterocycles. The maximum Gasteiger partial charge on any atom is 0.254 e. The van der Waals surface area contributed by atoms with Gasteiger partial charge in [-0.25, -0.2) is 4.99 Å². The van der Waals surface area contributed by atoms with Crippen molar-refractivity contribution < 1.29 is 4.79 Å². The molecule has 1 saturated heterocycles. The second-order valence-electron chi connectivity index (χ2n) is 13.0. The van der Waals surface area contributed by atoms with Crippen molar-refractivity contribution in [2.24, 2.45) is 10.9 Å². The second-order valence-corrected chi connectivity index (χ2v) is 13.0. The lowest BCUT2D eigenvalue weighted by Gasteiger charge is -2.24. The van der Waals surface area contributed by atoms with Gasteiger partial charge in [0.05, 0.1) is 11.9 Å². The molecule has 1 fully saturated rings. The Kier molecular flexibility index (Phi) is 10.2. The summed E-state index contributed by atoms with van der Waals surface area (Å²) < 4.78 is 1.77. The quantitative estimate of drug-likeness (QED) is 0.114.